The second-order valence-corrected chi connectivity index (χ2v) is 6.27. The van der Waals surface area contributed by atoms with E-state index in [1.807, 2.05) is 26.2 Å². The molecular formula is C17H25N5O. The Morgan fingerprint density at radius 1 is 1.35 bits per heavy atom. The molecule has 0 aliphatic carbocycles. The van der Waals surface area contributed by atoms with E-state index >= 15 is 0 Å². The number of piperidine rings is 1. The smallest absolute Gasteiger partial charge is 0.0925 e. The van der Waals surface area contributed by atoms with Crippen LogP contribution in [0.25, 0.3) is 11.3 Å². The molecule has 1 fully saturated rings. The summed E-state index contributed by atoms with van der Waals surface area (Å²) < 4.78 is 5.20. The van der Waals surface area contributed by atoms with Gasteiger partial charge in [-0.25, -0.2) is 4.98 Å². The summed E-state index contributed by atoms with van der Waals surface area (Å²) in [6.07, 6.45) is 6.12. The van der Waals surface area contributed by atoms with E-state index in [4.69, 9.17) is 9.72 Å². The molecule has 6 heteroatoms. The molecule has 0 unspecified atom stereocenters. The van der Waals surface area contributed by atoms with Gasteiger partial charge in [-0.2, -0.15) is 5.10 Å². The highest BCUT2D eigenvalue weighted by molar-refractivity contribution is 5.63. The fraction of sp³-hybridized carbons (Fsp3) is 0.588. The van der Waals surface area contributed by atoms with Gasteiger partial charge in [0.25, 0.3) is 0 Å². The minimum absolute atomic E-state index is 0.445. The highest BCUT2D eigenvalue weighted by atomic mass is 16.5. The third-order valence-corrected chi connectivity index (χ3v) is 4.57. The van der Waals surface area contributed by atoms with E-state index in [-0.39, 0.29) is 0 Å². The maximum absolute atomic E-state index is 5.20. The molecule has 0 aromatic carbocycles. The summed E-state index contributed by atoms with van der Waals surface area (Å²) in [5.41, 5.74) is 5.09. The first-order valence-corrected chi connectivity index (χ1v) is 8.24. The molecule has 0 amide bonds. The Hall–Kier alpha value is -1.79. The SMILES string of the molecule is COCCN1CCC[C@H](c2cncc(-c3c(C)n[nH]c3C)n2)C1. The number of nitrogens with one attached hydrogen (secondary N) is 1. The van der Waals surface area contributed by atoms with Crippen molar-refractivity contribution in [1.82, 2.24) is 25.1 Å². The number of ether oxygens (including phenoxy) is 1. The molecule has 0 spiro atoms. The molecule has 23 heavy (non-hydrogen) atoms. The van der Waals surface area contributed by atoms with Crippen molar-refractivity contribution in [2.45, 2.75) is 32.6 Å². The molecule has 1 saturated heterocycles. The number of aryl methyl sites for hydroxylation is 2. The average molecular weight is 315 g/mol. The van der Waals surface area contributed by atoms with Crippen molar-refractivity contribution in [2.75, 3.05) is 33.4 Å². The Labute approximate surface area is 137 Å². The van der Waals surface area contributed by atoms with Gasteiger partial charge in [0.1, 0.15) is 0 Å². The van der Waals surface area contributed by atoms with Gasteiger partial charge in [-0.05, 0) is 33.2 Å². The Kier molecular flexibility index (Phi) is 5.03. The van der Waals surface area contributed by atoms with Gasteiger partial charge >= 0.3 is 0 Å². The first kappa shape index (κ1) is 16.1. The largest absolute Gasteiger partial charge is 0.383 e. The van der Waals surface area contributed by atoms with E-state index in [2.05, 4.69) is 20.1 Å². The van der Waals surface area contributed by atoms with Crippen molar-refractivity contribution in [1.29, 1.82) is 0 Å². The van der Waals surface area contributed by atoms with E-state index in [9.17, 15) is 0 Å². The number of aromatic nitrogens is 4. The number of nitrogens with zero attached hydrogens (tertiary/aromatic N) is 4. The Morgan fingerprint density at radius 3 is 2.96 bits per heavy atom. The van der Waals surface area contributed by atoms with Crippen molar-refractivity contribution in [2.24, 2.45) is 0 Å². The lowest BCUT2D eigenvalue weighted by Crippen LogP contribution is -2.36. The molecule has 0 bridgehead atoms. The lowest BCUT2D eigenvalue weighted by molar-refractivity contribution is 0.127. The fourth-order valence-corrected chi connectivity index (χ4v) is 3.35. The van der Waals surface area contributed by atoms with Crippen LogP contribution in [0.15, 0.2) is 12.4 Å². The summed E-state index contributed by atoms with van der Waals surface area (Å²) in [5, 5.41) is 7.29. The number of hydrogen-bond donors (Lipinski definition) is 1. The summed E-state index contributed by atoms with van der Waals surface area (Å²) in [6, 6.07) is 0. The quantitative estimate of drug-likeness (QED) is 0.917. The van der Waals surface area contributed by atoms with Gasteiger partial charge in [-0.15, -0.1) is 0 Å². The molecule has 1 aliphatic heterocycles. The van der Waals surface area contributed by atoms with Gasteiger partial charge in [0.15, 0.2) is 0 Å². The highest BCUT2D eigenvalue weighted by Gasteiger charge is 2.23. The van der Waals surface area contributed by atoms with E-state index < -0.39 is 0 Å². The monoisotopic (exact) mass is 315 g/mol. The van der Waals surface area contributed by atoms with Gasteiger partial charge in [-0.1, -0.05) is 0 Å². The van der Waals surface area contributed by atoms with Gasteiger partial charge in [0.05, 0.1) is 29.9 Å². The number of hydrogen-bond acceptors (Lipinski definition) is 5. The summed E-state index contributed by atoms with van der Waals surface area (Å²) >= 11 is 0. The zero-order valence-electron chi connectivity index (χ0n) is 14.2. The summed E-state index contributed by atoms with van der Waals surface area (Å²) in [7, 11) is 1.76. The van der Waals surface area contributed by atoms with E-state index in [0.29, 0.717) is 5.92 Å². The molecule has 1 atom stereocenters. The molecule has 1 N–H and O–H groups in total. The Bertz CT molecular complexity index is 635. The number of rotatable bonds is 5. The topological polar surface area (TPSA) is 66.9 Å². The maximum Gasteiger partial charge on any atom is 0.0925 e. The second-order valence-electron chi connectivity index (χ2n) is 6.27. The molecule has 124 valence electrons. The Morgan fingerprint density at radius 2 is 2.22 bits per heavy atom. The van der Waals surface area contributed by atoms with Crippen LogP contribution in [0.4, 0.5) is 0 Å². The van der Waals surface area contributed by atoms with Crippen LogP contribution in [0.1, 0.15) is 35.8 Å². The number of likely N-dealkylation sites (tertiary alicyclic amines) is 1. The minimum atomic E-state index is 0.445. The van der Waals surface area contributed by atoms with Crippen molar-refractivity contribution >= 4 is 0 Å². The lowest BCUT2D eigenvalue weighted by Gasteiger charge is -2.32. The normalized spacial score (nSPS) is 19.2. The predicted molar refractivity (Wildman–Crippen MR) is 89.4 cm³/mol. The van der Waals surface area contributed by atoms with Crippen LogP contribution in [-0.4, -0.2) is 58.4 Å². The summed E-state index contributed by atoms with van der Waals surface area (Å²) in [4.78, 5) is 11.8. The molecule has 0 radical (unpaired) electrons. The van der Waals surface area contributed by atoms with E-state index in [1.165, 1.54) is 12.8 Å². The second kappa shape index (κ2) is 7.19. The molecule has 6 nitrogen and oxygen atoms in total. The minimum Gasteiger partial charge on any atom is -0.383 e. The molecule has 2 aromatic rings. The van der Waals surface area contributed by atoms with Gasteiger partial charge in [0, 0.05) is 43.6 Å². The fourth-order valence-electron chi connectivity index (χ4n) is 3.35. The zero-order valence-corrected chi connectivity index (χ0v) is 14.2. The standard InChI is InChI=1S/C17H25N5O/c1-12-17(13(2)21-20-12)16-10-18-9-15(19-16)14-5-4-6-22(11-14)7-8-23-3/h9-10,14H,4-8,11H2,1-3H3,(H,20,21)/t14-/m0/s1. The average Bonchev–Trinajstić information content (AvgIpc) is 2.92. The zero-order chi connectivity index (χ0) is 16.2. The Balaban J connectivity index is 1.80. The number of H-pyrrole nitrogens is 1. The van der Waals surface area contributed by atoms with Crippen LogP contribution >= 0.6 is 0 Å². The van der Waals surface area contributed by atoms with Crippen LogP contribution in [0.5, 0.6) is 0 Å². The number of methoxy groups -OCH3 is 1. The predicted octanol–water partition coefficient (Wildman–Crippen LogP) is 2.31. The van der Waals surface area contributed by atoms with Crippen molar-refractivity contribution in [3.8, 4) is 11.3 Å². The maximum atomic E-state index is 5.20. The first-order valence-electron chi connectivity index (χ1n) is 8.24. The van der Waals surface area contributed by atoms with Gasteiger partial charge in [0.2, 0.25) is 0 Å². The van der Waals surface area contributed by atoms with E-state index in [1.54, 1.807) is 7.11 Å². The lowest BCUT2D eigenvalue weighted by atomic mass is 9.95. The summed E-state index contributed by atoms with van der Waals surface area (Å²) in [6.45, 7) is 7.97. The molecular weight excluding hydrogens is 290 g/mol. The third kappa shape index (κ3) is 3.59. The van der Waals surface area contributed by atoms with Crippen LogP contribution in [0, 0.1) is 13.8 Å². The number of aromatic amines is 1. The molecule has 0 saturated carbocycles. The van der Waals surface area contributed by atoms with Crippen LogP contribution < -0.4 is 0 Å². The highest BCUT2D eigenvalue weighted by Crippen LogP contribution is 2.28. The van der Waals surface area contributed by atoms with Crippen molar-refractivity contribution in [3.05, 3.63) is 29.5 Å². The van der Waals surface area contributed by atoms with Gasteiger partial charge < -0.3 is 9.64 Å². The van der Waals surface area contributed by atoms with Crippen LogP contribution in [-0.2, 0) is 4.74 Å². The third-order valence-electron chi connectivity index (χ3n) is 4.57. The van der Waals surface area contributed by atoms with Crippen LogP contribution in [0.2, 0.25) is 0 Å². The molecule has 3 rings (SSSR count). The van der Waals surface area contributed by atoms with Crippen molar-refractivity contribution in [3.63, 3.8) is 0 Å². The first-order chi connectivity index (χ1) is 11.2. The summed E-state index contributed by atoms with van der Waals surface area (Å²) in [5.74, 6) is 0.445. The van der Waals surface area contributed by atoms with Crippen LogP contribution in [0.3, 0.4) is 0 Å². The van der Waals surface area contributed by atoms with Gasteiger partial charge in [-0.3, -0.25) is 10.1 Å². The van der Waals surface area contributed by atoms with E-state index in [0.717, 1.165) is 54.6 Å². The molecule has 3 heterocycles. The molecule has 2 aromatic heterocycles. The van der Waals surface area contributed by atoms with Crippen molar-refractivity contribution < 1.29 is 4.74 Å². The molecule has 1 aliphatic rings.